The van der Waals surface area contributed by atoms with Crippen molar-refractivity contribution in [1.82, 2.24) is 0 Å². The van der Waals surface area contributed by atoms with E-state index in [0.717, 1.165) is 5.75 Å². The summed E-state index contributed by atoms with van der Waals surface area (Å²) in [7, 11) is 0. The standard InChI is InChI=1S/C22H20N2O4/c1-2-27-17-11-13-18(14-12-17)28-20-6-4-3-5-19(20)24-22(26)16-9-7-15(8-10-16)21(23)25/h3-14H,2H2,1H3,(H2,23,25)(H,24,26). The molecular weight excluding hydrogens is 356 g/mol. The zero-order chi connectivity index (χ0) is 19.9. The summed E-state index contributed by atoms with van der Waals surface area (Å²) in [6.07, 6.45) is 0. The van der Waals surface area contributed by atoms with E-state index in [1.807, 2.05) is 25.1 Å². The van der Waals surface area contributed by atoms with E-state index >= 15 is 0 Å². The van der Waals surface area contributed by atoms with Gasteiger partial charge >= 0.3 is 0 Å². The highest BCUT2D eigenvalue weighted by Gasteiger charge is 2.11. The molecule has 3 aromatic rings. The van der Waals surface area contributed by atoms with Gasteiger partial charge in [-0.25, -0.2) is 0 Å². The minimum absolute atomic E-state index is 0.321. The molecule has 0 aromatic heterocycles. The van der Waals surface area contributed by atoms with Crippen LogP contribution in [0, 0.1) is 0 Å². The van der Waals surface area contributed by atoms with Crippen LogP contribution in [0.3, 0.4) is 0 Å². The molecule has 142 valence electrons. The normalized spacial score (nSPS) is 10.2. The molecule has 0 aliphatic rings. The number of hydrogen-bond donors (Lipinski definition) is 2. The third kappa shape index (κ3) is 4.67. The van der Waals surface area contributed by atoms with Crippen molar-refractivity contribution in [3.05, 3.63) is 83.9 Å². The Morgan fingerprint density at radius 1 is 0.857 bits per heavy atom. The first-order valence-electron chi connectivity index (χ1n) is 8.78. The molecule has 28 heavy (non-hydrogen) atoms. The number of amides is 2. The van der Waals surface area contributed by atoms with Crippen LogP contribution >= 0.6 is 0 Å². The minimum Gasteiger partial charge on any atom is -0.494 e. The Bertz CT molecular complexity index is 967. The molecule has 0 spiro atoms. The van der Waals surface area contributed by atoms with Crippen molar-refractivity contribution in [1.29, 1.82) is 0 Å². The van der Waals surface area contributed by atoms with E-state index < -0.39 is 5.91 Å². The predicted molar refractivity (Wildman–Crippen MR) is 107 cm³/mol. The van der Waals surface area contributed by atoms with Crippen molar-refractivity contribution in [2.75, 3.05) is 11.9 Å². The molecule has 6 nitrogen and oxygen atoms in total. The highest BCUT2D eigenvalue weighted by atomic mass is 16.5. The van der Waals surface area contributed by atoms with E-state index in [0.29, 0.717) is 34.9 Å². The average Bonchev–Trinajstić information content (AvgIpc) is 2.71. The van der Waals surface area contributed by atoms with Crippen molar-refractivity contribution in [3.63, 3.8) is 0 Å². The van der Waals surface area contributed by atoms with Gasteiger partial charge in [-0.2, -0.15) is 0 Å². The SMILES string of the molecule is CCOc1ccc(Oc2ccccc2NC(=O)c2ccc(C(N)=O)cc2)cc1. The third-order valence-corrected chi connectivity index (χ3v) is 3.93. The van der Waals surface area contributed by atoms with Gasteiger partial charge < -0.3 is 20.5 Å². The second kappa shape index (κ2) is 8.73. The van der Waals surface area contributed by atoms with E-state index in [4.69, 9.17) is 15.2 Å². The van der Waals surface area contributed by atoms with Crippen LogP contribution in [0.5, 0.6) is 17.2 Å². The number of anilines is 1. The first kappa shape index (κ1) is 19.0. The maximum atomic E-state index is 12.5. The van der Waals surface area contributed by atoms with Crippen LogP contribution in [0.2, 0.25) is 0 Å². The van der Waals surface area contributed by atoms with Crippen molar-refractivity contribution in [3.8, 4) is 17.2 Å². The average molecular weight is 376 g/mol. The maximum absolute atomic E-state index is 12.5. The molecule has 0 aliphatic carbocycles. The predicted octanol–water partition coefficient (Wildman–Crippen LogP) is 4.23. The molecule has 2 amide bonds. The zero-order valence-corrected chi connectivity index (χ0v) is 15.3. The Kier molecular flexibility index (Phi) is 5.91. The summed E-state index contributed by atoms with van der Waals surface area (Å²) in [4.78, 5) is 23.7. The topological polar surface area (TPSA) is 90.7 Å². The fraction of sp³-hybridized carbons (Fsp3) is 0.0909. The lowest BCUT2D eigenvalue weighted by atomic mass is 10.1. The summed E-state index contributed by atoms with van der Waals surface area (Å²) in [5.74, 6) is 1.03. The number of primary amides is 1. The second-order valence-electron chi connectivity index (χ2n) is 5.90. The van der Waals surface area contributed by atoms with Gasteiger partial charge in [-0.3, -0.25) is 9.59 Å². The number of para-hydroxylation sites is 2. The Morgan fingerprint density at radius 2 is 1.46 bits per heavy atom. The Balaban J connectivity index is 1.74. The maximum Gasteiger partial charge on any atom is 0.255 e. The van der Waals surface area contributed by atoms with Crippen LogP contribution in [0.4, 0.5) is 5.69 Å². The van der Waals surface area contributed by atoms with Crippen LogP contribution < -0.4 is 20.5 Å². The summed E-state index contributed by atoms with van der Waals surface area (Å²) in [5.41, 5.74) is 6.49. The zero-order valence-electron chi connectivity index (χ0n) is 15.3. The summed E-state index contributed by atoms with van der Waals surface area (Å²) in [6, 6.07) is 20.5. The quantitative estimate of drug-likeness (QED) is 0.646. The molecule has 3 aromatic carbocycles. The van der Waals surface area contributed by atoms with Gasteiger partial charge in [-0.1, -0.05) is 12.1 Å². The molecule has 0 radical (unpaired) electrons. The fourth-order valence-corrected chi connectivity index (χ4v) is 2.54. The summed E-state index contributed by atoms with van der Waals surface area (Å²) in [5, 5.41) is 2.82. The molecule has 0 aliphatic heterocycles. The lowest BCUT2D eigenvalue weighted by molar-refractivity contribution is 0.0995. The second-order valence-corrected chi connectivity index (χ2v) is 5.90. The number of nitrogens with two attached hydrogens (primary N) is 1. The van der Waals surface area contributed by atoms with Crippen LogP contribution in [-0.2, 0) is 0 Å². The van der Waals surface area contributed by atoms with E-state index in [1.54, 1.807) is 42.5 Å². The van der Waals surface area contributed by atoms with Crippen molar-refractivity contribution in [2.45, 2.75) is 6.92 Å². The minimum atomic E-state index is -0.541. The van der Waals surface area contributed by atoms with Gasteiger partial charge in [0.25, 0.3) is 5.91 Å². The molecule has 3 N–H and O–H groups in total. The molecule has 6 heteroatoms. The number of benzene rings is 3. The van der Waals surface area contributed by atoms with Gasteiger partial charge in [-0.15, -0.1) is 0 Å². The molecule has 0 unspecified atom stereocenters. The highest BCUT2D eigenvalue weighted by molar-refractivity contribution is 6.05. The van der Waals surface area contributed by atoms with Crippen LogP contribution in [0.1, 0.15) is 27.6 Å². The van der Waals surface area contributed by atoms with Crippen molar-refractivity contribution < 1.29 is 19.1 Å². The Hall–Kier alpha value is -3.80. The summed E-state index contributed by atoms with van der Waals surface area (Å²) < 4.78 is 11.3. The number of nitrogens with one attached hydrogen (secondary N) is 1. The van der Waals surface area contributed by atoms with Crippen molar-refractivity contribution in [2.24, 2.45) is 5.73 Å². The highest BCUT2D eigenvalue weighted by Crippen LogP contribution is 2.30. The molecule has 3 rings (SSSR count). The van der Waals surface area contributed by atoms with Gasteiger partial charge in [0.2, 0.25) is 5.91 Å². The number of hydrogen-bond acceptors (Lipinski definition) is 4. The first-order chi connectivity index (χ1) is 13.6. The van der Waals surface area contributed by atoms with Gasteiger partial charge in [-0.05, 0) is 67.6 Å². The lowest BCUT2D eigenvalue weighted by Gasteiger charge is -2.13. The lowest BCUT2D eigenvalue weighted by Crippen LogP contribution is -2.14. The number of carbonyl (C=O) groups excluding carboxylic acids is 2. The fourth-order valence-electron chi connectivity index (χ4n) is 2.54. The largest absolute Gasteiger partial charge is 0.494 e. The number of ether oxygens (including phenoxy) is 2. The van der Waals surface area contributed by atoms with Crippen LogP contribution in [0.25, 0.3) is 0 Å². The van der Waals surface area contributed by atoms with E-state index in [1.165, 1.54) is 12.1 Å². The molecule has 0 saturated carbocycles. The van der Waals surface area contributed by atoms with Crippen molar-refractivity contribution >= 4 is 17.5 Å². The van der Waals surface area contributed by atoms with Gasteiger partial charge in [0, 0.05) is 11.1 Å². The van der Waals surface area contributed by atoms with E-state index in [9.17, 15) is 9.59 Å². The molecule has 0 saturated heterocycles. The number of rotatable bonds is 7. The van der Waals surface area contributed by atoms with Gasteiger partial charge in [0.1, 0.15) is 11.5 Å². The van der Waals surface area contributed by atoms with Crippen LogP contribution in [0.15, 0.2) is 72.8 Å². The monoisotopic (exact) mass is 376 g/mol. The third-order valence-electron chi connectivity index (χ3n) is 3.93. The Morgan fingerprint density at radius 3 is 2.11 bits per heavy atom. The van der Waals surface area contributed by atoms with Gasteiger partial charge in [0.05, 0.1) is 12.3 Å². The first-order valence-corrected chi connectivity index (χ1v) is 8.78. The summed E-state index contributed by atoms with van der Waals surface area (Å²) >= 11 is 0. The molecule has 0 fully saturated rings. The number of carbonyl (C=O) groups is 2. The molecular formula is C22H20N2O4. The molecule has 0 atom stereocenters. The molecule has 0 bridgehead atoms. The van der Waals surface area contributed by atoms with E-state index in [-0.39, 0.29) is 5.91 Å². The smallest absolute Gasteiger partial charge is 0.255 e. The molecule has 0 heterocycles. The van der Waals surface area contributed by atoms with E-state index in [2.05, 4.69) is 5.32 Å². The summed E-state index contributed by atoms with van der Waals surface area (Å²) in [6.45, 7) is 2.51. The van der Waals surface area contributed by atoms with Crippen LogP contribution in [-0.4, -0.2) is 18.4 Å². The Labute approximate surface area is 162 Å². The van der Waals surface area contributed by atoms with Gasteiger partial charge in [0.15, 0.2) is 5.75 Å².